The van der Waals surface area contributed by atoms with Crippen LogP contribution in [0.5, 0.6) is 0 Å². The summed E-state index contributed by atoms with van der Waals surface area (Å²) in [5.41, 5.74) is 3.88. The van der Waals surface area contributed by atoms with E-state index in [2.05, 4.69) is 59.3 Å². The second-order valence-electron chi connectivity index (χ2n) is 4.81. The number of aromatic nitrogens is 2. The molecular formula is C16H23N3. The molecular weight excluding hydrogens is 234 g/mol. The lowest BCUT2D eigenvalue weighted by Gasteiger charge is -2.12. The summed E-state index contributed by atoms with van der Waals surface area (Å²) in [5.74, 6) is 0. The Balaban J connectivity index is 2.03. The second-order valence-corrected chi connectivity index (χ2v) is 4.81. The number of benzene rings is 1. The minimum atomic E-state index is 0.834. The van der Waals surface area contributed by atoms with Gasteiger partial charge in [-0.15, -0.1) is 0 Å². The van der Waals surface area contributed by atoms with Crippen molar-refractivity contribution in [3.8, 4) is 0 Å². The molecule has 0 saturated heterocycles. The van der Waals surface area contributed by atoms with E-state index in [1.54, 1.807) is 0 Å². The Kier molecular flexibility index (Phi) is 5.01. The fourth-order valence-corrected chi connectivity index (χ4v) is 2.29. The molecule has 1 heterocycles. The molecule has 0 amide bonds. The smallest absolute Gasteiger partial charge is 0.0575 e. The summed E-state index contributed by atoms with van der Waals surface area (Å²) in [7, 11) is 0. The van der Waals surface area contributed by atoms with E-state index in [1.807, 2.05) is 6.20 Å². The quantitative estimate of drug-likeness (QED) is 0.816. The maximum atomic E-state index is 4.35. The van der Waals surface area contributed by atoms with Crippen LogP contribution in [0.3, 0.4) is 0 Å². The Bertz CT molecular complexity index is 502. The van der Waals surface area contributed by atoms with E-state index in [1.165, 1.54) is 23.4 Å². The van der Waals surface area contributed by atoms with Crippen LogP contribution in [-0.4, -0.2) is 9.78 Å². The normalized spacial score (nSPS) is 10.6. The van der Waals surface area contributed by atoms with Gasteiger partial charge in [0.1, 0.15) is 0 Å². The first-order chi connectivity index (χ1) is 9.35. The standard InChI is InChI=1S/C16H23N3/c1-3-7-14-8-5-6-9-16(14)17-13-15-10-11-18-19(15)12-4-2/h5-6,8-11,17H,3-4,7,12-13H2,1-2H3. The van der Waals surface area contributed by atoms with Crippen LogP contribution in [-0.2, 0) is 19.5 Å². The van der Waals surface area contributed by atoms with Gasteiger partial charge in [0.2, 0.25) is 0 Å². The molecule has 19 heavy (non-hydrogen) atoms. The van der Waals surface area contributed by atoms with Crippen LogP contribution in [0.15, 0.2) is 36.5 Å². The van der Waals surface area contributed by atoms with Crippen LogP contribution in [0.25, 0.3) is 0 Å². The SMILES string of the molecule is CCCc1ccccc1NCc1ccnn1CCC. The van der Waals surface area contributed by atoms with Crippen molar-refractivity contribution in [2.45, 2.75) is 46.2 Å². The molecule has 0 fully saturated rings. The van der Waals surface area contributed by atoms with E-state index in [0.29, 0.717) is 0 Å². The van der Waals surface area contributed by atoms with Crippen LogP contribution in [0.1, 0.15) is 37.9 Å². The molecule has 3 heteroatoms. The number of nitrogens with one attached hydrogen (secondary N) is 1. The van der Waals surface area contributed by atoms with Crippen molar-refractivity contribution in [2.24, 2.45) is 0 Å². The molecule has 0 saturated carbocycles. The predicted octanol–water partition coefficient (Wildman–Crippen LogP) is 3.86. The molecule has 0 aliphatic rings. The third-order valence-electron chi connectivity index (χ3n) is 3.24. The number of anilines is 1. The van der Waals surface area contributed by atoms with E-state index >= 15 is 0 Å². The molecule has 1 N–H and O–H groups in total. The summed E-state index contributed by atoms with van der Waals surface area (Å²) in [6.07, 6.45) is 5.29. The van der Waals surface area contributed by atoms with E-state index in [9.17, 15) is 0 Å². The predicted molar refractivity (Wildman–Crippen MR) is 80.3 cm³/mol. The topological polar surface area (TPSA) is 29.9 Å². The van der Waals surface area contributed by atoms with Crippen molar-refractivity contribution in [1.29, 1.82) is 0 Å². The molecule has 102 valence electrons. The maximum Gasteiger partial charge on any atom is 0.0575 e. The Hall–Kier alpha value is -1.77. The molecule has 3 nitrogen and oxygen atoms in total. The Morgan fingerprint density at radius 2 is 1.95 bits per heavy atom. The van der Waals surface area contributed by atoms with Crippen LogP contribution < -0.4 is 5.32 Å². The van der Waals surface area contributed by atoms with Crippen molar-refractivity contribution in [3.63, 3.8) is 0 Å². The fraction of sp³-hybridized carbons (Fsp3) is 0.438. The minimum absolute atomic E-state index is 0.834. The van der Waals surface area contributed by atoms with E-state index < -0.39 is 0 Å². The molecule has 0 aliphatic heterocycles. The van der Waals surface area contributed by atoms with Crippen molar-refractivity contribution >= 4 is 5.69 Å². The summed E-state index contributed by atoms with van der Waals surface area (Å²) < 4.78 is 2.08. The third kappa shape index (κ3) is 3.60. The first-order valence-corrected chi connectivity index (χ1v) is 7.17. The summed E-state index contributed by atoms with van der Waals surface area (Å²) in [6.45, 7) is 6.21. The van der Waals surface area contributed by atoms with Gasteiger partial charge in [0, 0.05) is 18.4 Å². The fourth-order valence-electron chi connectivity index (χ4n) is 2.29. The maximum absolute atomic E-state index is 4.35. The highest BCUT2D eigenvalue weighted by Gasteiger charge is 2.04. The third-order valence-corrected chi connectivity index (χ3v) is 3.24. The highest BCUT2D eigenvalue weighted by atomic mass is 15.3. The summed E-state index contributed by atoms with van der Waals surface area (Å²) in [4.78, 5) is 0. The Morgan fingerprint density at radius 3 is 2.74 bits per heavy atom. The highest BCUT2D eigenvalue weighted by molar-refractivity contribution is 5.51. The lowest BCUT2D eigenvalue weighted by atomic mass is 10.1. The van der Waals surface area contributed by atoms with Crippen LogP contribution in [0.2, 0.25) is 0 Å². The average Bonchev–Trinajstić information content (AvgIpc) is 2.86. The minimum Gasteiger partial charge on any atom is -0.379 e. The molecule has 0 atom stereocenters. The lowest BCUT2D eigenvalue weighted by Crippen LogP contribution is -2.09. The first kappa shape index (κ1) is 13.7. The number of nitrogens with zero attached hydrogens (tertiary/aromatic N) is 2. The molecule has 0 bridgehead atoms. The zero-order valence-corrected chi connectivity index (χ0v) is 11.9. The van der Waals surface area contributed by atoms with Gasteiger partial charge in [-0.25, -0.2) is 0 Å². The molecule has 0 radical (unpaired) electrons. The van der Waals surface area contributed by atoms with Gasteiger partial charge < -0.3 is 5.32 Å². The lowest BCUT2D eigenvalue weighted by molar-refractivity contribution is 0.578. The monoisotopic (exact) mass is 257 g/mol. The molecule has 0 aliphatic carbocycles. The van der Waals surface area contributed by atoms with Crippen LogP contribution >= 0.6 is 0 Å². The van der Waals surface area contributed by atoms with Crippen molar-refractivity contribution in [1.82, 2.24) is 9.78 Å². The zero-order valence-electron chi connectivity index (χ0n) is 11.9. The van der Waals surface area contributed by atoms with Crippen molar-refractivity contribution < 1.29 is 0 Å². The highest BCUT2D eigenvalue weighted by Crippen LogP contribution is 2.17. The molecule has 2 aromatic rings. The second kappa shape index (κ2) is 6.98. The van der Waals surface area contributed by atoms with Gasteiger partial charge in [-0.1, -0.05) is 38.5 Å². The van der Waals surface area contributed by atoms with Gasteiger partial charge in [-0.2, -0.15) is 5.10 Å². The molecule has 0 spiro atoms. The Morgan fingerprint density at radius 1 is 1.11 bits per heavy atom. The van der Waals surface area contributed by atoms with Gasteiger partial charge in [-0.3, -0.25) is 4.68 Å². The van der Waals surface area contributed by atoms with Gasteiger partial charge in [0.25, 0.3) is 0 Å². The van der Waals surface area contributed by atoms with Gasteiger partial charge in [-0.05, 0) is 30.5 Å². The molecule has 0 unspecified atom stereocenters. The number of aryl methyl sites for hydroxylation is 2. The summed E-state index contributed by atoms with van der Waals surface area (Å²) in [5, 5.41) is 7.89. The number of hydrogen-bond donors (Lipinski definition) is 1. The van der Waals surface area contributed by atoms with Gasteiger partial charge in [0.15, 0.2) is 0 Å². The molecule has 2 rings (SSSR count). The molecule has 1 aromatic heterocycles. The van der Waals surface area contributed by atoms with E-state index in [4.69, 9.17) is 0 Å². The number of hydrogen-bond acceptors (Lipinski definition) is 2. The molecule has 1 aromatic carbocycles. The van der Waals surface area contributed by atoms with Crippen LogP contribution in [0.4, 0.5) is 5.69 Å². The first-order valence-electron chi connectivity index (χ1n) is 7.17. The van der Waals surface area contributed by atoms with Crippen LogP contribution in [0, 0.1) is 0 Å². The van der Waals surface area contributed by atoms with E-state index in [-0.39, 0.29) is 0 Å². The Labute approximate surface area is 115 Å². The van der Waals surface area contributed by atoms with E-state index in [0.717, 1.165) is 25.9 Å². The average molecular weight is 257 g/mol. The zero-order chi connectivity index (χ0) is 13.5. The summed E-state index contributed by atoms with van der Waals surface area (Å²) in [6, 6.07) is 10.6. The number of para-hydroxylation sites is 1. The summed E-state index contributed by atoms with van der Waals surface area (Å²) >= 11 is 0. The van der Waals surface area contributed by atoms with Gasteiger partial charge >= 0.3 is 0 Å². The van der Waals surface area contributed by atoms with Crippen molar-refractivity contribution in [3.05, 3.63) is 47.8 Å². The van der Waals surface area contributed by atoms with Crippen molar-refractivity contribution in [2.75, 3.05) is 5.32 Å². The number of rotatable bonds is 7. The largest absolute Gasteiger partial charge is 0.379 e. The van der Waals surface area contributed by atoms with Gasteiger partial charge in [0.05, 0.1) is 12.2 Å².